The van der Waals surface area contributed by atoms with Crippen molar-refractivity contribution in [1.29, 1.82) is 0 Å². The Bertz CT molecular complexity index is 591. The van der Waals surface area contributed by atoms with Crippen LogP contribution in [0.1, 0.15) is 30.8 Å². The minimum absolute atomic E-state index is 0.590. The van der Waals surface area contributed by atoms with E-state index in [2.05, 4.69) is 18.9 Å². The van der Waals surface area contributed by atoms with Crippen LogP contribution < -0.4 is 5.73 Å². The first-order chi connectivity index (χ1) is 9.06. The first kappa shape index (κ1) is 14.2. The molecule has 2 N–H and O–H groups in total. The lowest BCUT2D eigenvalue weighted by Gasteiger charge is -2.08. The van der Waals surface area contributed by atoms with Crippen molar-refractivity contribution >= 4 is 28.9 Å². The highest BCUT2D eigenvalue weighted by molar-refractivity contribution is 6.33. The molecule has 1 aromatic heterocycles. The van der Waals surface area contributed by atoms with Gasteiger partial charge in [0.15, 0.2) is 0 Å². The number of rotatable bonds is 4. The summed E-state index contributed by atoms with van der Waals surface area (Å²) >= 11 is 12.2. The molecule has 0 saturated heterocycles. The number of aromatic nitrogens is 2. The van der Waals surface area contributed by atoms with Crippen LogP contribution in [-0.2, 0) is 19.4 Å². The van der Waals surface area contributed by atoms with Gasteiger partial charge in [0.1, 0.15) is 0 Å². The maximum Gasteiger partial charge on any atom is 0.0854 e. The molecule has 1 heterocycles. The number of halogens is 2. The maximum absolute atomic E-state index is 6.19. The Morgan fingerprint density at radius 2 is 1.95 bits per heavy atom. The molecule has 0 bridgehead atoms. The predicted octanol–water partition coefficient (Wildman–Crippen LogP) is 3.95. The van der Waals surface area contributed by atoms with E-state index in [0.29, 0.717) is 16.6 Å². The highest BCUT2D eigenvalue weighted by Gasteiger charge is 2.13. The molecule has 0 saturated carbocycles. The lowest BCUT2D eigenvalue weighted by molar-refractivity contribution is 0.641. The van der Waals surface area contributed by atoms with Gasteiger partial charge in [0.05, 0.1) is 23.6 Å². The zero-order valence-corrected chi connectivity index (χ0v) is 12.6. The van der Waals surface area contributed by atoms with E-state index in [1.165, 1.54) is 0 Å². The molecule has 0 fully saturated rings. The van der Waals surface area contributed by atoms with E-state index < -0.39 is 0 Å². The summed E-state index contributed by atoms with van der Waals surface area (Å²) in [5.41, 5.74) is 9.84. The maximum atomic E-state index is 6.19. The Balaban J connectivity index is 2.40. The number of nitrogen functional groups attached to an aromatic ring is 1. The second-order valence-corrected chi connectivity index (χ2v) is 5.25. The van der Waals surface area contributed by atoms with Crippen LogP contribution in [0.15, 0.2) is 18.2 Å². The van der Waals surface area contributed by atoms with E-state index in [-0.39, 0.29) is 0 Å². The third kappa shape index (κ3) is 2.88. The van der Waals surface area contributed by atoms with E-state index in [0.717, 1.165) is 35.5 Å². The Morgan fingerprint density at radius 3 is 2.58 bits per heavy atom. The summed E-state index contributed by atoms with van der Waals surface area (Å²) in [7, 11) is 0. The van der Waals surface area contributed by atoms with Crippen molar-refractivity contribution in [2.45, 2.75) is 33.2 Å². The quantitative estimate of drug-likeness (QED) is 0.929. The normalized spacial score (nSPS) is 10.9. The molecule has 0 radical (unpaired) electrons. The number of hydrogen-bond donors (Lipinski definition) is 1. The number of nitrogens with zero attached hydrogens (tertiary/aromatic N) is 2. The summed E-state index contributed by atoms with van der Waals surface area (Å²) in [5, 5.41) is 5.92. The average molecular weight is 298 g/mol. The smallest absolute Gasteiger partial charge is 0.0854 e. The number of hydrogen-bond acceptors (Lipinski definition) is 2. The minimum atomic E-state index is 0.590. The van der Waals surface area contributed by atoms with Crippen LogP contribution in [-0.4, -0.2) is 9.78 Å². The van der Waals surface area contributed by atoms with Crippen molar-refractivity contribution in [3.8, 4) is 0 Å². The monoisotopic (exact) mass is 297 g/mol. The largest absolute Gasteiger partial charge is 0.396 e. The lowest BCUT2D eigenvalue weighted by atomic mass is 10.2. The Labute approximate surface area is 123 Å². The first-order valence-corrected chi connectivity index (χ1v) is 7.10. The van der Waals surface area contributed by atoms with Crippen LogP contribution in [0, 0.1) is 0 Å². The Morgan fingerprint density at radius 1 is 1.21 bits per heavy atom. The van der Waals surface area contributed by atoms with Crippen molar-refractivity contribution in [3.05, 3.63) is 45.2 Å². The van der Waals surface area contributed by atoms with E-state index in [1.807, 2.05) is 10.7 Å². The second kappa shape index (κ2) is 5.85. The number of anilines is 1. The molecule has 0 spiro atoms. The molecule has 2 rings (SSSR count). The minimum Gasteiger partial charge on any atom is -0.396 e. The Hall–Kier alpha value is -1.19. The van der Waals surface area contributed by atoms with Gasteiger partial charge in [0, 0.05) is 10.0 Å². The molecule has 0 aliphatic heterocycles. The molecule has 0 aliphatic rings. The van der Waals surface area contributed by atoms with Crippen molar-refractivity contribution in [1.82, 2.24) is 9.78 Å². The van der Waals surface area contributed by atoms with Crippen LogP contribution in [0.3, 0.4) is 0 Å². The lowest BCUT2D eigenvalue weighted by Crippen LogP contribution is -2.07. The molecule has 1 aromatic carbocycles. The fraction of sp³-hybridized carbons (Fsp3) is 0.357. The van der Waals surface area contributed by atoms with Crippen LogP contribution in [0.4, 0.5) is 5.69 Å². The fourth-order valence-corrected chi connectivity index (χ4v) is 2.53. The molecule has 19 heavy (non-hydrogen) atoms. The average Bonchev–Trinajstić information content (AvgIpc) is 2.69. The molecule has 102 valence electrons. The van der Waals surface area contributed by atoms with E-state index in [9.17, 15) is 0 Å². The highest BCUT2D eigenvalue weighted by Crippen LogP contribution is 2.24. The van der Waals surface area contributed by atoms with Gasteiger partial charge >= 0.3 is 0 Å². The van der Waals surface area contributed by atoms with Crippen LogP contribution >= 0.6 is 23.2 Å². The van der Waals surface area contributed by atoms with Crippen molar-refractivity contribution in [2.75, 3.05) is 5.73 Å². The second-order valence-electron chi connectivity index (χ2n) is 4.41. The van der Waals surface area contributed by atoms with Crippen molar-refractivity contribution in [3.63, 3.8) is 0 Å². The van der Waals surface area contributed by atoms with Gasteiger partial charge in [0.2, 0.25) is 0 Å². The first-order valence-electron chi connectivity index (χ1n) is 6.34. The van der Waals surface area contributed by atoms with Gasteiger partial charge in [-0.05, 0) is 36.6 Å². The van der Waals surface area contributed by atoms with E-state index in [4.69, 9.17) is 28.9 Å². The van der Waals surface area contributed by atoms with Gasteiger partial charge in [-0.15, -0.1) is 0 Å². The van der Waals surface area contributed by atoms with E-state index >= 15 is 0 Å². The van der Waals surface area contributed by atoms with Gasteiger partial charge in [-0.2, -0.15) is 5.10 Å². The van der Waals surface area contributed by atoms with E-state index in [1.54, 1.807) is 12.1 Å². The summed E-state index contributed by atoms with van der Waals surface area (Å²) in [5.74, 6) is 0. The molecule has 0 unspecified atom stereocenters. The third-order valence-corrected chi connectivity index (χ3v) is 3.78. The number of aryl methyl sites for hydroxylation is 1. The summed E-state index contributed by atoms with van der Waals surface area (Å²) < 4.78 is 1.92. The third-order valence-electron chi connectivity index (χ3n) is 3.17. The Kier molecular flexibility index (Phi) is 4.38. The number of nitrogens with two attached hydrogens (primary N) is 1. The topological polar surface area (TPSA) is 43.8 Å². The highest BCUT2D eigenvalue weighted by atomic mass is 35.5. The molecular formula is C14H17Cl2N3. The van der Waals surface area contributed by atoms with Gasteiger partial charge in [0.25, 0.3) is 0 Å². The SMILES string of the molecule is CCc1nn(Cc2cc(Cl)ccc2Cl)c(CC)c1N. The van der Waals surface area contributed by atoms with Gasteiger partial charge < -0.3 is 5.73 Å². The molecule has 0 atom stereocenters. The molecule has 2 aromatic rings. The van der Waals surface area contributed by atoms with Crippen molar-refractivity contribution in [2.24, 2.45) is 0 Å². The number of benzene rings is 1. The summed E-state index contributed by atoms with van der Waals surface area (Å²) in [4.78, 5) is 0. The zero-order valence-electron chi connectivity index (χ0n) is 11.1. The standard InChI is InChI=1S/C14H17Cl2N3/c1-3-12-14(17)13(4-2)19(18-12)8-9-7-10(15)5-6-11(9)16/h5-7H,3-4,8,17H2,1-2H3. The van der Waals surface area contributed by atoms with Gasteiger partial charge in [-0.25, -0.2) is 0 Å². The fourth-order valence-electron chi connectivity index (χ4n) is 2.16. The summed E-state index contributed by atoms with van der Waals surface area (Å²) in [6.07, 6.45) is 1.67. The zero-order chi connectivity index (χ0) is 14.0. The molecule has 5 heteroatoms. The molecule has 0 aliphatic carbocycles. The van der Waals surface area contributed by atoms with Crippen molar-refractivity contribution < 1.29 is 0 Å². The summed E-state index contributed by atoms with van der Waals surface area (Å²) in [6, 6.07) is 5.45. The van der Waals surface area contributed by atoms with Gasteiger partial charge in [-0.1, -0.05) is 37.0 Å². The predicted molar refractivity (Wildman–Crippen MR) is 81.0 cm³/mol. The molecular weight excluding hydrogens is 281 g/mol. The van der Waals surface area contributed by atoms with Crippen LogP contribution in [0.2, 0.25) is 10.0 Å². The van der Waals surface area contributed by atoms with Gasteiger partial charge in [-0.3, -0.25) is 4.68 Å². The van der Waals surface area contributed by atoms with Crippen LogP contribution in [0.25, 0.3) is 0 Å². The van der Waals surface area contributed by atoms with Crippen LogP contribution in [0.5, 0.6) is 0 Å². The molecule has 3 nitrogen and oxygen atoms in total. The summed E-state index contributed by atoms with van der Waals surface area (Å²) in [6.45, 7) is 4.71. The molecule has 0 amide bonds.